The van der Waals surface area contributed by atoms with Gasteiger partial charge in [-0.1, -0.05) is 89.4 Å². The SMILES string of the molecule is C=Cc1cccc(C(C)C)c1/N=C(C)/C(C)=N/c1c(C=C)cccc1C(C)C. The molecule has 0 radical (unpaired) electrons. The van der Waals surface area contributed by atoms with Crippen LogP contribution in [0, 0.1) is 0 Å². The zero-order valence-electron chi connectivity index (χ0n) is 18.1. The van der Waals surface area contributed by atoms with Crippen LogP contribution in [0.4, 0.5) is 11.4 Å². The fraction of sp³-hybridized carbons (Fsp3) is 0.308. The van der Waals surface area contributed by atoms with Crippen molar-refractivity contribution in [3.05, 3.63) is 71.8 Å². The highest BCUT2D eigenvalue weighted by Gasteiger charge is 2.12. The number of para-hydroxylation sites is 2. The largest absolute Gasteiger partial charge is 0.251 e. The van der Waals surface area contributed by atoms with E-state index >= 15 is 0 Å². The van der Waals surface area contributed by atoms with E-state index < -0.39 is 0 Å². The molecule has 2 rings (SSSR count). The molecule has 2 aromatic rings. The van der Waals surface area contributed by atoms with Crippen LogP contribution in [0.25, 0.3) is 12.2 Å². The lowest BCUT2D eigenvalue weighted by molar-refractivity contribution is 0.866. The molecule has 0 N–H and O–H groups in total. The molecule has 0 heterocycles. The molecule has 28 heavy (non-hydrogen) atoms. The van der Waals surface area contributed by atoms with Crippen LogP contribution in [-0.2, 0) is 0 Å². The van der Waals surface area contributed by atoms with Crippen LogP contribution < -0.4 is 0 Å². The van der Waals surface area contributed by atoms with Crippen LogP contribution in [0.1, 0.15) is 75.6 Å². The van der Waals surface area contributed by atoms with E-state index in [9.17, 15) is 0 Å². The molecule has 0 unspecified atom stereocenters. The number of rotatable bonds is 7. The Morgan fingerprint density at radius 3 is 1.36 bits per heavy atom. The minimum Gasteiger partial charge on any atom is -0.251 e. The zero-order valence-corrected chi connectivity index (χ0v) is 18.1. The minimum atomic E-state index is 0.387. The maximum Gasteiger partial charge on any atom is 0.0740 e. The Kier molecular flexibility index (Phi) is 7.28. The number of hydrogen-bond acceptors (Lipinski definition) is 2. The lowest BCUT2D eigenvalue weighted by Crippen LogP contribution is -2.06. The van der Waals surface area contributed by atoms with Crippen molar-refractivity contribution < 1.29 is 0 Å². The predicted octanol–water partition coefficient (Wildman–Crippen LogP) is 8.10. The molecule has 2 heteroatoms. The standard InChI is InChI=1S/C26H32N2/c1-9-21-13-11-15-23(17(3)4)25(21)27-19(7)20(8)28-26-22(10-2)14-12-16-24(26)18(5)6/h9-18H,1-2H2,3-8H3/b27-19+,28-20+. The second kappa shape index (κ2) is 9.45. The number of benzene rings is 2. The highest BCUT2D eigenvalue weighted by Crippen LogP contribution is 2.33. The lowest BCUT2D eigenvalue weighted by Gasteiger charge is -2.15. The Hall–Kier alpha value is -2.74. The van der Waals surface area contributed by atoms with E-state index in [2.05, 4.69) is 77.3 Å². The van der Waals surface area contributed by atoms with Gasteiger partial charge in [-0.15, -0.1) is 0 Å². The van der Waals surface area contributed by atoms with Gasteiger partial charge < -0.3 is 0 Å². The van der Waals surface area contributed by atoms with Gasteiger partial charge in [0.05, 0.1) is 22.8 Å². The van der Waals surface area contributed by atoms with Gasteiger partial charge in [0, 0.05) is 0 Å². The third kappa shape index (κ3) is 4.75. The highest BCUT2D eigenvalue weighted by atomic mass is 14.8. The molecule has 2 aromatic carbocycles. The summed E-state index contributed by atoms with van der Waals surface area (Å²) in [6.07, 6.45) is 3.74. The van der Waals surface area contributed by atoms with Gasteiger partial charge >= 0.3 is 0 Å². The van der Waals surface area contributed by atoms with Gasteiger partial charge in [0.1, 0.15) is 0 Å². The molecule has 0 amide bonds. The first-order chi connectivity index (χ1) is 13.3. The van der Waals surface area contributed by atoms with Gasteiger partial charge in [-0.3, -0.25) is 9.98 Å². The lowest BCUT2D eigenvalue weighted by atomic mass is 9.97. The van der Waals surface area contributed by atoms with Gasteiger partial charge in [0.25, 0.3) is 0 Å². The van der Waals surface area contributed by atoms with Crippen molar-refractivity contribution >= 4 is 35.0 Å². The van der Waals surface area contributed by atoms with Gasteiger partial charge in [-0.25, -0.2) is 0 Å². The Balaban J connectivity index is 2.59. The third-order valence-corrected chi connectivity index (χ3v) is 4.96. The van der Waals surface area contributed by atoms with Crippen LogP contribution >= 0.6 is 0 Å². The molecule has 0 aliphatic heterocycles. The van der Waals surface area contributed by atoms with E-state index in [-0.39, 0.29) is 0 Å². The van der Waals surface area contributed by atoms with Crippen LogP contribution in [-0.4, -0.2) is 11.4 Å². The topological polar surface area (TPSA) is 24.7 Å². The summed E-state index contributed by atoms with van der Waals surface area (Å²) in [7, 11) is 0. The molecule has 0 saturated carbocycles. The van der Waals surface area contributed by atoms with Crippen LogP contribution in [0.5, 0.6) is 0 Å². The van der Waals surface area contributed by atoms with E-state index in [1.165, 1.54) is 11.1 Å². The monoisotopic (exact) mass is 372 g/mol. The van der Waals surface area contributed by atoms with E-state index in [0.717, 1.165) is 33.9 Å². The van der Waals surface area contributed by atoms with Gasteiger partial charge in [0.15, 0.2) is 0 Å². The molecule has 0 bridgehead atoms. The van der Waals surface area contributed by atoms with Crippen molar-refractivity contribution in [3.8, 4) is 0 Å². The average molecular weight is 373 g/mol. The summed E-state index contributed by atoms with van der Waals surface area (Å²) in [4.78, 5) is 9.93. The van der Waals surface area contributed by atoms with Crippen molar-refractivity contribution in [1.29, 1.82) is 0 Å². The fourth-order valence-electron chi connectivity index (χ4n) is 3.18. The Bertz CT molecular complexity index is 850. The van der Waals surface area contributed by atoms with Gasteiger partial charge in [0.2, 0.25) is 0 Å². The third-order valence-electron chi connectivity index (χ3n) is 4.96. The molecule has 0 saturated heterocycles. The van der Waals surface area contributed by atoms with Crippen molar-refractivity contribution in [2.45, 2.75) is 53.4 Å². The number of nitrogens with zero attached hydrogens (tertiary/aromatic N) is 2. The van der Waals surface area contributed by atoms with Crippen molar-refractivity contribution in [2.75, 3.05) is 0 Å². The highest BCUT2D eigenvalue weighted by molar-refractivity contribution is 6.41. The van der Waals surface area contributed by atoms with E-state index in [4.69, 9.17) is 9.98 Å². The zero-order chi connectivity index (χ0) is 20.8. The molecule has 0 aliphatic rings. The van der Waals surface area contributed by atoms with E-state index in [1.54, 1.807) is 0 Å². The first-order valence-corrected chi connectivity index (χ1v) is 9.91. The molecular formula is C26H32N2. The maximum absolute atomic E-state index is 4.97. The van der Waals surface area contributed by atoms with Crippen LogP contribution in [0.15, 0.2) is 59.5 Å². The first kappa shape index (κ1) is 21.6. The van der Waals surface area contributed by atoms with E-state index in [0.29, 0.717) is 11.8 Å². The molecule has 0 spiro atoms. The molecular weight excluding hydrogens is 340 g/mol. The number of hydrogen-bond donors (Lipinski definition) is 0. The summed E-state index contributed by atoms with van der Waals surface area (Å²) in [5.41, 5.74) is 8.33. The minimum absolute atomic E-state index is 0.387. The quantitative estimate of drug-likeness (QED) is 0.439. The summed E-state index contributed by atoms with van der Waals surface area (Å²) < 4.78 is 0. The van der Waals surface area contributed by atoms with Crippen LogP contribution in [0.3, 0.4) is 0 Å². The summed E-state index contributed by atoms with van der Waals surface area (Å²) in [5.74, 6) is 0.774. The summed E-state index contributed by atoms with van der Waals surface area (Å²) >= 11 is 0. The van der Waals surface area contributed by atoms with Crippen molar-refractivity contribution in [3.63, 3.8) is 0 Å². The fourth-order valence-corrected chi connectivity index (χ4v) is 3.18. The van der Waals surface area contributed by atoms with Gasteiger partial charge in [-0.2, -0.15) is 0 Å². The van der Waals surface area contributed by atoms with Crippen molar-refractivity contribution in [1.82, 2.24) is 0 Å². The molecule has 2 nitrogen and oxygen atoms in total. The second-order valence-corrected chi connectivity index (χ2v) is 7.68. The Morgan fingerprint density at radius 2 is 1.07 bits per heavy atom. The van der Waals surface area contributed by atoms with Crippen LogP contribution in [0.2, 0.25) is 0 Å². The summed E-state index contributed by atoms with van der Waals surface area (Å²) in [6, 6.07) is 12.5. The molecule has 146 valence electrons. The average Bonchev–Trinajstić information content (AvgIpc) is 2.67. The summed E-state index contributed by atoms with van der Waals surface area (Å²) in [5, 5.41) is 0. The molecule has 0 atom stereocenters. The number of aliphatic imine (C=N–C) groups is 2. The molecule has 0 aromatic heterocycles. The Morgan fingerprint density at radius 1 is 0.714 bits per heavy atom. The smallest absolute Gasteiger partial charge is 0.0740 e. The van der Waals surface area contributed by atoms with Gasteiger partial charge in [-0.05, 0) is 47.9 Å². The predicted molar refractivity (Wildman–Crippen MR) is 127 cm³/mol. The first-order valence-electron chi connectivity index (χ1n) is 9.91. The molecule has 0 fully saturated rings. The maximum atomic E-state index is 4.97. The molecule has 0 aliphatic carbocycles. The van der Waals surface area contributed by atoms with Crippen molar-refractivity contribution in [2.24, 2.45) is 9.98 Å². The second-order valence-electron chi connectivity index (χ2n) is 7.68. The Labute approximate surface area is 170 Å². The summed E-state index contributed by atoms with van der Waals surface area (Å²) in [6.45, 7) is 20.7. The normalized spacial score (nSPS) is 12.6. The van der Waals surface area contributed by atoms with E-state index in [1.807, 2.05) is 26.0 Å².